The van der Waals surface area contributed by atoms with E-state index in [0.29, 0.717) is 0 Å². The van der Waals surface area contributed by atoms with E-state index in [0.717, 1.165) is 6.42 Å². The van der Waals surface area contributed by atoms with E-state index < -0.39 is 13.2 Å². The first-order chi connectivity index (χ1) is 8.23. The molecule has 1 N–H and O–H groups in total. The zero-order valence-corrected chi connectivity index (χ0v) is 12.8. The molecule has 0 aromatic rings. The maximum Gasteiger partial charge on any atom is 0.356 e. The third kappa shape index (κ3) is 4.32. The molecule has 1 fully saturated rings. The lowest BCUT2D eigenvalue weighted by atomic mass is 10.3. The van der Waals surface area contributed by atoms with Crippen LogP contribution in [-0.4, -0.2) is 35.9 Å². The predicted octanol–water partition coefficient (Wildman–Crippen LogP) is 2.77. The highest BCUT2D eigenvalue weighted by Crippen LogP contribution is 2.54. The van der Waals surface area contributed by atoms with Gasteiger partial charge in [-0.2, -0.15) is 0 Å². The van der Waals surface area contributed by atoms with E-state index in [4.69, 9.17) is 13.8 Å². The molecule has 1 aliphatic carbocycles. The minimum absolute atomic E-state index is 0.0580. The number of ether oxygens (including phenoxy) is 1. The largest absolute Gasteiger partial charge is 0.393 e. The van der Waals surface area contributed by atoms with E-state index in [1.807, 2.05) is 6.92 Å². The Labute approximate surface area is 109 Å². The number of hydrogen-bond acceptors (Lipinski definition) is 5. The number of hydrogen-bond donors (Lipinski definition) is 1. The van der Waals surface area contributed by atoms with E-state index in [1.54, 1.807) is 27.7 Å². The van der Waals surface area contributed by atoms with E-state index in [1.165, 1.54) is 0 Å². The lowest BCUT2D eigenvalue weighted by molar-refractivity contribution is -0.00729. The first kappa shape index (κ1) is 16.1. The summed E-state index contributed by atoms with van der Waals surface area (Å²) in [6.07, 6.45) is 0.293. The molecule has 6 heteroatoms. The summed E-state index contributed by atoms with van der Waals surface area (Å²) < 4.78 is 28.8. The molecular weight excluding hydrogens is 255 g/mol. The highest BCUT2D eigenvalue weighted by Gasteiger charge is 2.53. The Morgan fingerprint density at radius 3 is 2.00 bits per heavy atom. The van der Waals surface area contributed by atoms with Crippen LogP contribution >= 0.6 is 7.60 Å². The van der Waals surface area contributed by atoms with Crippen molar-refractivity contribution in [2.75, 3.05) is 13.0 Å². The molecule has 1 saturated carbocycles. The second-order valence-electron chi connectivity index (χ2n) is 5.52. The predicted molar refractivity (Wildman–Crippen MR) is 69.6 cm³/mol. The Bertz CT molecular complexity index is 300. The Morgan fingerprint density at radius 1 is 1.28 bits per heavy atom. The third-order valence-corrected chi connectivity index (χ3v) is 4.84. The van der Waals surface area contributed by atoms with Crippen LogP contribution in [0, 0.1) is 5.92 Å². The van der Waals surface area contributed by atoms with Crippen molar-refractivity contribution in [2.45, 2.75) is 58.8 Å². The Hall–Kier alpha value is 0.0700. The molecule has 1 rings (SSSR count). The van der Waals surface area contributed by atoms with Crippen LogP contribution in [0.2, 0.25) is 0 Å². The van der Waals surface area contributed by atoms with E-state index >= 15 is 0 Å². The Balaban J connectivity index is 2.59. The van der Waals surface area contributed by atoms with Crippen molar-refractivity contribution in [3.05, 3.63) is 0 Å². The SMILES string of the molecule is CC(C)OP(=O)(COC1(CO)CC1C)OC(C)C. The molecule has 2 atom stereocenters. The first-order valence-electron chi connectivity index (χ1n) is 6.44. The molecule has 18 heavy (non-hydrogen) atoms. The van der Waals surface area contributed by atoms with Crippen LogP contribution in [0.4, 0.5) is 0 Å². The summed E-state index contributed by atoms with van der Waals surface area (Å²) in [4.78, 5) is 0. The zero-order valence-electron chi connectivity index (χ0n) is 11.9. The zero-order chi connectivity index (χ0) is 14.0. The second-order valence-corrected chi connectivity index (χ2v) is 7.42. The fourth-order valence-corrected chi connectivity index (χ4v) is 3.73. The van der Waals surface area contributed by atoms with Crippen molar-refractivity contribution in [1.29, 1.82) is 0 Å². The molecule has 0 saturated heterocycles. The third-order valence-electron chi connectivity index (χ3n) is 2.91. The summed E-state index contributed by atoms with van der Waals surface area (Å²) >= 11 is 0. The van der Waals surface area contributed by atoms with E-state index in [9.17, 15) is 9.67 Å². The monoisotopic (exact) mass is 280 g/mol. The van der Waals surface area contributed by atoms with E-state index in [2.05, 4.69) is 0 Å². The number of rotatable bonds is 8. The van der Waals surface area contributed by atoms with Gasteiger partial charge >= 0.3 is 7.60 Å². The summed E-state index contributed by atoms with van der Waals surface area (Å²) in [5.41, 5.74) is -0.545. The number of aliphatic hydroxyl groups is 1. The number of aliphatic hydroxyl groups excluding tert-OH is 1. The van der Waals surface area contributed by atoms with Crippen molar-refractivity contribution in [3.63, 3.8) is 0 Å². The van der Waals surface area contributed by atoms with Crippen LogP contribution in [0.3, 0.4) is 0 Å². The molecule has 0 aromatic heterocycles. The van der Waals surface area contributed by atoms with Gasteiger partial charge in [-0.05, 0) is 40.0 Å². The summed E-state index contributed by atoms with van der Waals surface area (Å²) in [6.45, 7) is 9.15. The van der Waals surface area contributed by atoms with Gasteiger partial charge in [0.25, 0.3) is 0 Å². The fraction of sp³-hybridized carbons (Fsp3) is 1.00. The molecule has 0 radical (unpaired) electrons. The van der Waals surface area contributed by atoms with Gasteiger partial charge < -0.3 is 18.9 Å². The summed E-state index contributed by atoms with van der Waals surface area (Å²) in [6, 6.07) is 0. The average molecular weight is 280 g/mol. The molecule has 0 spiro atoms. The van der Waals surface area contributed by atoms with Gasteiger partial charge in [-0.25, -0.2) is 0 Å². The van der Waals surface area contributed by atoms with Gasteiger partial charge in [0.05, 0.1) is 24.4 Å². The van der Waals surface area contributed by atoms with Crippen LogP contribution in [0.1, 0.15) is 41.0 Å². The van der Waals surface area contributed by atoms with Gasteiger partial charge in [0.1, 0.15) is 6.35 Å². The minimum atomic E-state index is -3.26. The molecule has 5 nitrogen and oxygen atoms in total. The average Bonchev–Trinajstić information content (AvgIpc) is 2.85. The minimum Gasteiger partial charge on any atom is -0.393 e. The van der Waals surface area contributed by atoms with Gasteiger partial charge in [0, 0.05) is 0 Å². The van der Waals surface area contributed by atoms with Crippen molar-refractivity contribution in [3.8, 4) is 0 Å². The van der Waals surface area contributed by atoms with Crippen molar-refractivity contribution >= 4 is 7.60 Å². The molecule has 0 aromatic carbocycles. The molecular formula is C12H25O5P. The second kappa shape index (κ2) is 6.02. The van der Waals surface area contributed by atoms with Gasteiger partial charge in [-0.1, -0.05) is 6.92 Å². The molecule has 0 bridgehead atoms. The summed E-state index contributed by atoms with van der Waals surface area (Å²) in [7, 11) is -3.26. The standard InChI is InChI=1S/C12H25O5P/c1-9(2)16-18(14,17-10(3)4)8-15-12(7-13)6-11(12)5/h9-11,13H,6-8H2,1-5H3. The van der Waals surface area contributed by atoms with Crippen molar-refractivity contribution < 1.29 is 23.5 Å². The Morgan fingerprint density at radius 2 is 1.72 bits per heavy atom. The van der Waals surface area contributed by atoms with E-state index in [-0.39, 0.29) is 31.1 Å². The molecule has 108 valence electrons. The van der Waals surface area contributed by atoms with Gasteiger partial charge in [-0.3, -0.25) is 4.57 Å². The molecule has 0 aliphatic heterocycles. The highest BCUT2D eigenvalue weighted by atomic mass is 31.2. The smallest absolute Gasteiger partial charge is 0.356 e. The van der Waals surface area contributed by atoms with Gasteiger partial charge in [0.15, 0.2) is 0 Å². The summed E-state index contributed by atoms with van der Waals surface area (Å²) in [5, 5.41) is 9.29. The van der Waals surface area contributed by atoms with Gasteiger partial charge in [0.2, 0.25) is 0 Å². The molecule has 0 amide bonds. The normalized spacial score (nSPS) is 28.1. The van der Waals surface area contributed by atoms with Crippen LogP contribution in [0.5, 0.6) is 0 Å². The maximum absolute atomic E-state index is 12.5. The van der Waals surface area contributed by atoms with Crippen LogP contribution in [-0.2, 0) is 18.3 Å². The molecule has 1 aliphatic rings. The maximum atomic E-state index is 12.5. The van der Waals surface area contributed by atoms with Gasteiger partial charge in [-0.15, -0.1) is 0 Å². The van der Waals surface area contributed by atoms with Crippen molar-refractivity contribution in [1.82, 2.24) is 0 Å². The van der Waals surface area contributed by atoms with Crippen LogP contribution in [0.15, 0.2) is 0 Å². The quantitative estimate of drug-likeness (QED) is 0.693. The Kier molecular flexibility index (Phi) is 5.39. The lowest BCUT2D eigenvalue weighted by Gasteiger charge is -2.25. The van der Waals surface area contributed by atoms with Crippen LogP contribution in [0.25, 0.3) is 0 Å². The molecule has 0 heterocycles. The summed E-state index contributed by atoms with van der Waals surface area (Å²) in [5.74, 6) is 0.286. The highest BCUT2D eigenvalue weighted by molar-refractivity contribution is 7.53. The molecule has 2 unspecified atom stereocenters. The fourth-order valence-electron chi connectivity index (χ4n) is 1.86. The van der Waals surface area contributed by atoms with Crippen molar-refractivity contribution in [2.24, 2.45) is 5.92 Å². The first-order valence-corrected chi connectivity index (χ1v) is 8.16. The lowest BCUT2D eigenvalue weighted by Crippen LogP contribution is -2.24. The van der Waals surface area contributed by atoms with Crippen LogP contribution < -0.4 is 0 Å². The topological polar surface area (TPSA) is 65.0 Å².